The minimum absolute atomic E-state index is 0.137. The van der Waals surface area contributed by atoms with Gasteiger partial charge < -0.3 is 9.64 Å². The summed E-state index contributed by atoms with van der Waals surface area (Å²) >= 11 is 0. The molecule has 0 radical (unpaired) electrons. The van der Waals surface area contributed by atoms with Crippen LogP contribution in [0.5, 0.6) is 0 Å². The summed E-state index contributed by atoms with van der Waals surface area (Å²) in [6, 6.07) is 5.73. The van der Waals surface area contributed by atoms with Crippen LogP contribution in [0.3, 0.4) is 0 Å². The molecule has 1 amide bonds. The number of Topliss-reactive ketones (excluding diaryl/α,β-unsaturated/α-hetero) is 1. The minimum atomic E-state index is -0.396. The summed E-state index contributed by atoms with van der Waals surface area (Å²) in [4.78, 5) is 28.3. The predicted molar refractivity (Wildman–Crippen MR) is 69.3 cm³/mol. The average Bonchev–Trinajstić information content (AvgIpc) is 2.46. The van der Waals surface area contributed by atoms with Crippen LogP contribution >= 0.6 is 0 Å². The molecule has 0 saturated carbocycles. The first kappa shape index (κ1) is 13.7. The zero-order chi connectivity index (χ0) is 13.7. The van der Waals surface area contributed by atoms with Gasteiger partial charge in [-0.2, -0.15) is 0 Å². The smallest absolute Gasteiger partial charge is 0.289 e. The number of amides is 1. The van der Waals surface area contributed by atoms with E-state index < -0.39 is 5.78 Å². The van der Waals surface area contributed by atoms with Crippen LogP contribution in [0.25, 0.3) is 0 Å². The Kier molecular flexibility index (Phi) is 4.63. The van der Waals surface area contributed by atoms with Crippen LogP contribution in [0.2, 0.25) is 0 Å². The van der Waals surface area contributed by atoms with Crippen molar-refractivity contribution in [3.63, 3.8) is 0 Å². The molecule has 0 bridgehead atoms. The Labute approximate surface area is 112 Å². The van der Waals surface area contributed by atoms with Crippen molar-refractivity contribution in [1.29, 1.82) is 0 Å². The van der Waals surface area contributed by atoms with E-state index in [1.54, 1.807) is 11.1 Å². The molecule has 0 atom stereocenters. The van der Waals surface area contributed by atoms with Gasteiger partial charge in [0.15, 0.2) is 0 Å². The lowest BCUT2D eigenvalue weighted by atomic mass is 10.1. The Morgan fingerprint density at radius 3 is 2.68 bits per heavy atom. The lowest BCUT2D eigenvalue weighted by Gasteiger charge is -2.31. The molecular formula is C14H18N2O3. The molecule has 5 heteroatoms. The summed E-state index contributed by atoms with van der Waals surface area (Å²) < 4.78 is 5.77. The monoisotopic (exact) mass is 262 g/mol. The van der Waals surface area contributed by atoms with Crippen molar-refractivity contribution in [2.45, 2.75) is 32.5 Å². The van der Waals surface area contributed by atoms with Crippen LogP contribution in [0.1, 0.15) is 25.5 Å². The van der Waals surface area contributed by atoms with Gasteiger partial charge >= 0.3 is 0 Å². The summed E-state index contributed by atoms with van der Waals surface area (Å²) in [6.45, 7) is 2.98. The first-order valence-corrected chi connectivity index (χ1v) is 6.48. The number of pyridine rings is 1. The molecule has 0 unspecified atom stereocenters. The number of ether oxygens (including phenoxy) is 1. The highest BCUT2D eigenvalue weighted by Gasteiger charge is 2.25. The number of aromatic nitrogens is 1. The first-order chi connectivity index (χ1) is 9.16. The molecule has 1 aromatic heterocycles. The van der Waals surface area contributed by atoms with Gasteiger partial charge in [0.2, 0.25) is 5.78 Å². The minimum Gasteiger partial charge on any atom is -0.372 e. The number of nitrogens with zero attached hydrogens (tertiary/aromatic N) is 2. The number of carbonyl (C=O) groups excluding carboxylic acids is 2. The van der Waals surface area contributed by atoms with Crippen LogP contribution in [-0.2, 0) is 20.9 Å². The number of hydrogen-bond donors (Lipinski definition) is 0. The maximum Gasteiger partial charge on any atom is 0.289 e. The molecule has 19 heavy (non-hydrogen) atoms. The van der Waals surface area contributed by atoms with E-state index in [-0.39, 0.29) is 12.0 Å². The van der Waals surface area contributed by atoms with Crippen molar-refractivity contribution >= 4 is 11.7 Å². The molecule has 1 aromatic rings. The Hall–Kier alpha value is -1.75. The van der Waals surface area contributed by atoms with Gasteiger partial charge in [-0.25, -0.2) is 0 Å². The summed E-state index contributed by atoms with van der Waals surface area (Å²) in [5, 5.41) is 0. The van der Waals surface area contributed by atoms with Gasteiger partial charge in [0.05, 0.1) is 18.4 Å². The fraction of sp³-hybridized carbons (Fsp3) is 0.500. The molecule has 1 fully saturated rings. The second kappa shape index (κ2) is 6.43. The highest BCUT2D eigenvalue weighted by Crippen LogP contribution is 2.15. The van der Waals surface area contributed by atoms with Crippen molar-refractivity contribution in [2.24, 2.45) is 0 Å². The van der Waals surface area contributed by atoms with Crippen molar-refractivity contribution in [3.8, 4) is 0 Å². The second-order valence-corrected chi connectivity index (χ2v) is 4.68. The van der Waals surface area contributed by atoms with E-state index in [9.17, 15) is 9.59 Å². The lowest BCUT2D eigenvalue weighted by molar-refractivity contribution is -0.145. The SMILES string of the molecule is CC(=O)C(=O)N1CCC(OCc2ccccn2)CC1. The zero-order valence-electron chi connectivity index (χ0n) is 11.0. The number of ketones is 1. The number of likely N-dealkylation sites (tertiary alicyclic amines) is 1. The van der Waals surface area contributed by atoms with E-state index in [1.807, 2.05) is 18.2 Å². The van der Waals surface area contributed by atoms with Crippen LogP contribution < -0.4 is 0 Å². The van der Waals surface area contributed by atoms with Crippen LogP contribution in [0, 0.1) is 0 Å². The Morgan fingerprint density at radius 2 is 2.11 bits per heavy atom. The van der Waals surface area contributed by atoms with Crippen molar-refractivity contribution in [2.75, 3.05) is 13.1 Å². The molecule has 0 spiro atoms. The molecule has 1 aliphatic heterocycles. The summed E-state index contributed by atoms with van der Waals surface area (Å²) in [7, 11) is 0. The van der Waals surface area contributed by atoms with E-state index >= 15 is 0 Å². The molecule has 0 aliphatic carbocycles. The van der Waals surface area contributed by atoms with E-state index in [0.717, 1.165) is 18.5 Å². The molecule has 2 rings (SSSR count). The van der Waals surface area contributed by atoms with E-state index in [0.29, 0.717) is 19.7 Å². The molecule has 1 saturated heterocycles. The highest BCUT2D eigenvalue weighted by atomic mass is 16.5. The largest absolute Gasteiger partial charge is 0.372 e. The maximum atomic E-state index is 11.5. The van der Waals surface area contributed by atoms with Gasteiger partial charge in [-0.15, -0.1) is 0 Å². The van der Waals surface area contributed by atoms with E-state index in [2.05, 4.69) is 4.98 Å². The fourth-order valence-corrected chi connectivity index (χ4v) is 2.13. The second-order valence-electron chi connectivity index (χ2n) is 4.68. The zero-order valence-corrected chi connectivity index (χ0v) is 11.0. The van der Waals surface area contributed by atoms with Gasteiger partial charge in [0.25, 0.3) is 5.91 Å². The highest BCUT2D eigenvalue weighted by molar-refractivity contribution is 6.35. The van der Waals surface area contributed by atoms with E-state index in [1.165, 1.54) is 6.92 Å². The molecule has 1 aliphatic rings. The van der Waals surface area contributed by atoms with Gasteiger partial charge in [-0.05, 0) is 25.0 Å². The van der Waals surface area contributed by atoms with Crippen molar-refractivity contribution in [1.82, 2.24) is 9.88 Å². The van der Waals surface area contributed by atoms with Crippen molar-refractivity contribution < 1.29 is 14.3 Å². The summed E-state index contributed by atoms with van der Waals surface area (Å²) in [5.74, 6) is -0.781. The van der Waals surface area contributed by atoms with Gasteiger partial charge in [-0.1, -0.05) is 6.07 Å². The standard InChI is InChI=1S/C14H18N2O3/c1-11(17)14(18)16-8-5-13(6-9-16)19-10-12-4-2-3-7-15-12/h2-4,7,13H,5-6,8-10H2,1H3. The predicted octanol–water partition coefficient (Wildman–Crippen LogP) is 1.18. The molecule has 0 aromatic carbocycles. The number of piperidine rings is 1. The Bertz CT molecular complexity index is 439. The number of carbonyl (C=O) groups is 2. The fourth-order valence-electron chi connectivity index (χ4n) is 2.13. The molecule has 102 valence electrons. The van der Waals surface area contributed by atoms with Gasteiger partial charge in [0.1, 0.15) is 0 Å². The molecule has 5 nitrogen and oxygen atoms in total. The average molecular weight is 262 g/mol. The Morgan fingerprint density at radius 1 is 1.37 bits per heavy atom. The molecule has 2 heterocycles. The topological polar surface area (TPSA) is 59.5 Å². The normalized spacial score (nSPS) is 16.4. The van der Waals surface area contributed by atoms with E-state index in [4.69, 9.17) is 4.74 Å². The molecule has 0 N–H and O–H groups in total. The van der Waals surface area contributed by atoms with Crippen LogP contribution in [0.4, 0.5) is 0 Å². The maximum absolute atomic E-state index is 11.5. The lowest BCUT2D eigenvalue weighted by Crippen LogP contribution is -2.43. The first-order valence-electron chi connectivity index (χ1n) is 6.48. The third kappa shape index (κ3) is 3.86. The van der Waals surface area contributed by atoms with Gasteiger partial charge in [0, 0.05) is 26.2 Å². The summed E-state index contributed by atoms with van der Waals surface area (Å²) in [6.07, 6.45) is 3.42. The van der Waals surface area contributed by atoms with Crippen LogP contribution in [-0.4, -0.2) is 40.8 Å². The van der Waals surface area contributed by atoms with Crippen LogP contribution in [0.15, 0.2) is 24.4 Å². The third-order valence-corrected chi connectivity index (χ3v) is 3.22. The molecular weight excluding hydrogens is 244 g/mol. The third-order valence-electron chi connectivity index (χ3n) is 3.22. The van der Waals surface area contributed by atoms with Gasteiger partial charge in [-0.3, -0.25) is 14.6 Å². The summed E-state index contributed by atoms with van der Waals surface area (Å²) in [5.41, 5.74) is 0.907. The van der Waals surface area contributed by atoms with Crippen molar-refractivity contribution in [3.05, 3.63) is 30.1 Å². The number of hydrogen-bond acceptors (Lipinski definition) is 4. The quantitative estimate of drug-likeness (QED) is 0.764. The number of rotatable bonds is 4. The Balaban J connectivity index is 1.75.